The van der Waals surface area contributed by atoms with Crippen LogP contribution in [0.3, 0.4) is 0 Å². The van der Waals surface area contributed by atoms with Crippen LogP contribution < -0.4 is 10.2 Å². The lowest BCUT2D eigenvalue weighted by Gasteiger charge is -2.43. The molecule has 236 valence electrons. The summed E-state index contributed by atoms with van der Waals surface area (Å²) < 4.78 is 19.2. The zero-order valence-electron chi connectivity index (χ0n) is 26.1. The maximum atomic E-state index is 14.4. The highest BCUT2D eigenvalue weighted by molar-refractivity contribution is 6.17. The molecule has 2 aromatic carbocycles. The second kappa shape index (κ2) is 13.1. The van der Waals surface area contributed by atoms with Gasteiger partial charge in [-0.15, -0.1) is 0 Å². The predicted octanol–water partition coefficient (Wildman–Crippen LogP) is 3.07. The number of carbonyl (C=O) groups excluding carboxylic acids is 5. The molecule has 1 atom stereocenters. The quantitative estimate of drug-likeness (QED) is 0.343. The van der Waals surface area contributed by atoms with Gasteiger partial charge in [0.15, 0.2) is 0 Å². The molecule has 0 radical (unpaired) electrons. The molecule has 2 aromatic rings. The number of likely N-dealkylation sites (tertiary alicyclic amines) is 1. The van der Waals surface area contributed by atoms with Crippen LogP contribution >= 0.6 is 0 Å². The van der Waals surface area contributed by atoms with Crippen LogP contribution in [-0.4, -0.2) is 103 Å². The molecular formula is C32H40FN5O6. The first kappa shape index (κ1) is 32.6. The second-order valence-electron chi connectivity index (χ2n) is 12.0. The van der Waals surface area contributed by atoms with Crippen molar-refractivity contribution in [1.29, 1.82) is 0 Å². The summed E-state index contributed by atoms with van der Waals surface area (Å²) in [6, 6.07) is 9.15. The SMILES string of the molecule is COC(=O)c1ccc(N2C(=O)N(CCN(C)C)C(=O)C23CCN(C(=O)[C@H](NC(=O)c2cc(C)ccc2F)C(C)C)CC3)cc1. The molecule has 2 saturated heterocycles. The summed E-state index contributed by atoms with van der Waals surface area (Å²) in [5, 5.41) is 2.71. The van der Waals surface area contributed by atoms with Crippen LogP contribution in [0, 0.1) is 18.7 Å². The van der Waals surface area contributed by atoms with E-state index in [1.807, 2.05) is 19.0 Å². The van der Waals surface area contributed by atoms with Crippen molar-refractivity contribution in [3.63, 3.8) is 0 Å². The van der Waals surface area contributed by atoms with E-state index in [1.165, 1.54) is 29.0 Å². The van der Waals surface area contributed by atoms with Crippen molar-refractivity contribution in [3.05, 3.63) is 65.0 Å². The van der Waals surface area contributed by atoms with E-state index in [0.29, 0.717) is 23.4 Å². The molecule has 0 unspecified atom stereocenters. The van der Waals surface area contributed by atoms with E-state index < -0.39 is 35.3 Å². The third-order valence-electron chi connectivity index (χ3n) is 8.30. The largest absolute Gasteiger partial charge is 0.465 e. The number of carbonyl (C=O) groups is 5. The van der Waals surface area contributed by atoms with Gasteiger partial charge in [-0.05, 0) is 76.2 Å². The Balaban J connectivity index is 1.57. The Kier molecular flexibility index (Phi) is 9.72. The maximum absolute atomic E-state index is 14.4. The van der Waals surface area contributed by atoms with Gasteiger partial charge in [-0.1, -0.05) is 25.5 Å². The predicted molar refractivity (Wildman–Crippen MR) is 162 cm³/mol. The van der Waals surface area contributed by atoms with E-state index in [1.54, 1.807) is 56.0 Å². The Morgan fingerprint density at radius 1 is 1.05 bits per heavy atom. The number of halogens is 1. The second-order valence-corrected chi connectivity index (χ2v) is 12.0. The number of methoxy groups -OCH3 is 1. The van der Waals surface area contributed by atoms with E-state index >= 15 is 0 Å². The molecular weight excluding hydrogens is 569 g/mol. The van der Waals surface area contributed by atoms with Crippen LogP contribution in [0.4, 0.5) is 14.9 Å². The van der Waals surface area contributed by atoms with Crippen LogP contribution in [0.1, 0.15) is 53.0 Å². The van der Waals surface area contributed by atoms with Crippen molar-refractivity contribution < 1.29 is 33.1 Å². The number of ether oxygens (including phenoxy) is 1. The summed E-state index contributed by atoms with van der Waals surface area (Å²) in [6.45, 7) is 6.33. The monoisotopic (exact) mass is 609 g/mol. The van der Waals surface area contributed by atoms with E-state index in [-0.39, 0.29) is 55.8 Å². The van der Waals surface area contributed by atoms with Crippen LogP contribution in [0.25, 0.3) is 0 Å². The summed E-state index contributed by atoms with van der Waals surface area (Å²) in [6.07, 6.45) is 0.345. The summed E-state index contributed by atoms with van der Waals surface area (Å²) in [7, 11) is 4.98. The Labute approximate surface area is 256 Å². The molecule has 12 heteroatoms. The van der Waals surface area contributed by atoms with Gasteiger partial charge >= 0.3 is 12.0 Å². The van der Waals surface area contributed by atoms with Crippen LogP contribution in [0.5, 0.6) is 0 Å². The normalized spacial score (nSPS) is 17.1. The number of rotatable bonds is 9. The van der Waals surface area contributed by atoms with Crippen LogP contribution in [-0.2, 0) is 14.3 Å². The fraction of sp³-hybridized carbons (Fsp3) is 0.469. The number of esters is 1. The number of imide groups is 1. The van der Waals surface area contributed by atoms with Gasteiger partial charge in [-0.3, -0.25) is 24.2 Å². The molecule has 0 aromatic heterocycles. The van der Waals surface area contributed by atoms with Gasteiger partial charge in [-0.25, -0.2) is 14.0 Å². The lowest BCUT2D eigenvalue weighted by atomic mass is 9.84. The van der Waals surface area contributed by atoms with Crippen molar-refractivity contribution >= 4 is 35.4 Å². The first-order valence-corrected chi connectivity index (χ1v) is 14.7. The minimum absolute atomic E-state index is 0.136. The van der Waals surface area contributed by atoms with Crippen molar-refractivity contribution in [1.82, 2.24) is 20.0 Å². The van der Waals surface area contributed by atoms with Crippen molar-refractivity contribution in [2.24, 2.45) is 5.92 Å². The van der Waals surface area contributed by atoms with Gasteiger partial charge in [0, 0.05) is 31.9 Å². The third-order valence-corrected chi connectivity index (χ3v) is 8.30. The summed E-state index contributed by atoms with van der Waals surface area (Å²) >= 11 is 0. The van der Waals surface area contributed by atoms with E-state index in [4.69, 9.17) is 4.74 Å². The number of nitrogens with one attached hydrogen (secondary N) is 1. The van der Waals surface area contributed by atoms with Crippen molar-refractivity contribution in [2.45, 2.75) is 45.2 Å². The molecule has 2 aliphatic rings. The molecule has 0 bridgehead atoms. The molecule has 2 aliphatic heterocycles. The van der Waals surface area contributed by atoms with Gasteiger partial charge in [0.05, 0.1) is 18.2 Å². The minimum Gasteiger partial charge on any atom is -0.465 e. The number of benzene rings is 2. The number of anilines is 1. The smallest absolute Gasteiger partial charge is 0.337 e. The fourth-order valence-corrected chi connectivity index (χ4v) is 5.73. The standard InChI is InChI=1S/C32H40FN5O6/c1-20(2)26(34-27(39)24-19-21(3)7-12-25(24)33)28(40)36-15-13-32(14-16-36)30(42)37(18-17-35(4)5)31(43)38(32)23-10-8-22(9-11-23)29(41)44-6/h7-12,19-20,26H,13-18H2,1-6H3,(H,34,39)/t26-/m1/s1. The number of urea groups is 1. The number of likely N-dealkylation sites (N-methyl/N-ethyl adjacent to an activating group) is 1. The lowest BCUT2D eigenvalue weighted by molar-refractivity contribution is -0.139. The minimum atomic E-state index is -1.23. The van der Waals surface area contributed by atoms with E-state index in [9.17, 15) is 28.4 Å². The summed E-state index contributed by atoms with van der Waals surface area (Å²) in [5.41, 5.74) is 0.109. The molecule has 1 N–H and O–H groups in total. The number of piperidine rings is 1. The summed E-state index contributed by atoms with van der Waals surface area (Å²) in [4.78, 5) is 72.6. The molecule has 0 aliphatic carbocycles. The van der Waals surface area contributed by atoms with Crippen LogP contribution in [0.15, 0.2) is 42.5 Å². The highest BCUT2D eigenvalue weighted by atomic mass is 19.1. The Hall–Kier alpha value is -4.32. The van der Waals surface area contributed by atoms with Gasteiger partial charge in [0.2, 0.25) is 5.91 Å². The number of amides is 5. The lowest BCUT2D eigenvalue weighted by Crippen LogP contribution is -2.60. The molecule has 5 amide bonds. The number of hydrogen-bond acceptors (Lipinski definition) is 7. The zero-order chi connectivity index (χ0) is 32.3. The Morgan fingerprint density at radius 3 is 2.25 bits per heavy atom. The zero-order valence-corrected chi connectivity index (χ0v) is 26.1. The highest BCUT2D eigenvalue weighted by Gasteiger charge is 2.59. The first-order chi connectivity index (χ1) is 20.8. The molecule has 2 heterocycles. The maximum Gasteiger partial charge on any atom is 0.337 e. The first-order valence-electron chi connectivity index (χ1n) is 14.7. The molecule has 11 nitrogen and oxygen atoms in total. The van der Waals surface area contributed by atoms with Gasteiger partial charge in [-0.2, -0.15) is 0 Å². The number of nitrogens with zero attached hydrogens (tertiary/aromatic N) is 4. The topological polar surface area (TPSA) is 120 Å². The van der Waals surface area contributed by atoms with Crippen molar-refractivity contribution in [2.75, 3.05) is 52.3 Å². The molecule has 44 heavy (non-hydrogen) atoms. The number of hydrogen-bond donors (Lipinski definition) is 1. The number of aryl methyl sites for hydroxylation is 1. The summed E-state index contributed by atoms with van der Waals surface area (Å²) in [5.74, 6) is -2.85. The van der Waals surface area contributed by atoms with E-state index in [2.05, 4.69) is 5.32 Å². The molecule has 2 fully saturated rings. The third kappa shape index (κ3) is 6.30. The fourth-order valence-electron chi connectivity index (χ4n) is 5.73. The van der Waals surface area contributed by atoms with Gasteiger partial charge in [0.1, 0.15) is 17.4 Å². The molecule has 4 rings (SSSR count). The molecule has 0 saturated carbocycles. The average Bonchev–Trinajstić information content (AvgIpc) is 3.19. The highest BCUT2D eigenvalue weighted by Crippen LogP contribution is 2.41. The Bertz CT molecular complexity index is 1440. The van der Waals surface area contributed by atoms with Gasteiger partial charge < -0.3 is 19.9 Å². The Morgan fingerprint density at radius 2 is 1.68 bits per heavy atom. The van der Waals surface area contributed by atoms with Crippen LogP contribution in [0.2, 0.25) is 0 Å². The van der Waals surface area contributed by atoms with E-state index in [0.717, 1.165) is 0 Å². The van der Waals surface area contributed by atoms with Gasteiger partial charge in [0.25, 0.3) is 11.8 Å². The molecule has 1 spiro atoms. The average molecular weight is 610 g/mol. The van der Waals surface area contributed by atoms with Crippen molar-refractivity contribution in [3.8, 4) is 0 Å².